The minimum atomic E-state index is -1.25. The highest BCUT2D eigenvalue weighted by atomic mass is 32.2. The molecule has 0 radical (unpaired) electrons. The molecule has 9 heteroatoms. The predicted molar refractivity (Wildman–Crippen MR) is 251 cm³/mol. The molecule has 3 saturated carbocycles. The van der Waals surface area contributed by atoms with Crippen LogP contribution in [0.1, 0.15) is 133 Å². The third-order valence-electron chi connectivity index (χ3n) is 16.1. The van der Waals surface area contributed by atoms with Gasteiger partial charge in [-0.05, 0) is 134 Å². The number of esters is 3. The Morgan fingerprint density at radius 2 is 1.38 bits per heavy atom. The number of hydrogen-bond acceptors (Lipinski definition) is 9. The van der Waals surface area contributed by atoms with Crippen molar-refractivity contribution in [1.82, 2.24) is 0 Å². The minimum absolute atomic E-state index is 0.0979. The van der Waals surface area contributed by atoms with Gasteiger partial charge in [0.2, 0.25) is 0 Å². The lowest BCUT2D eigenvalue weighted by atomic mass is 9.47. The van der Waals surface area contributed by atoms with E-state index < -0.39 is 48.6 Å². The van der Waals surface area contributed by atoms with Gasteiger partial charge in [-0.2, -0.15) is 0 Å². The van der Waals surface area contributed by atoms with Crippen LogP contribution in [0.15, 0.2) is 108 Å². The summed E-state index contributed by atoms with van der Waals surface area (Å²) in [6.45, 7) is 13.7. The summed E-state index contributed by atoms with van der Waals surface area (Å²) in [5.74, 6) is 3.04. The number of fused-ring (bicyclic) bond motifs is 5. The van der Waals surface area contributed by atoms with Gasteiger partial charge in [-0.25, -0.2) is 9.59 Å². The molecular formula is C55H70O8S. The van der Waals surface area contributed by atoms with Gasteiger partial charge in [-0.15, -0.1) is 11.8 Å². The Kier molecular flexibility index (Phi) is 14.8. The SMILES string of the molecule is CC(=O)O[C@H]1[C@H](OC(=O)c2ccccc2)[C@@H](OC(=O)c2ccccc2)[C@H](O[C@H]2CC[C@@]3(C)C(=CC[C@H]4[C@@H]5CC[C@H]([C@H](C)CCCC(C)C)[C@@]5(C)CC[C@@H]43)C2)O[C@@H]1CSc1ccccc1. The first-order chi connectivity index (χ1) is 30.8. The monoisotopic (exact) mass is 890 g/mol. The summed E-state index contributed by atoms with van der Waals surface area (Å²) >= 11 is 1.54. The standard InChI is InChI=1S/C55H70O8S/c1-35(2)17-16-18-36(3)44-27-28-45-43-26-25-40-33-41(29-31-54(40,5)46(43)30-32-55(44,45)6)60-53-50(63-52(58)39-21-12-8-13-22-39)49(62-51(57)38-19-10-7-11-20-38)48(59-37(4)56)47(61-53)34-64-42-23-14-9-15-24-42/h7-15,19-25,35-36,41,43-50,53H,16-18,26-34H2,1-6H3/t36-,41+,43+,44-,45+,46+,47-,48-,49+,50-,53-,54+,55-/m1/s1. The first-order valence-corrected chi connectivity index (χ1v) is 25.2. The number of carbonyl (C=O) groups is 3. The van der Waals surface area contributed by atoms with Gasteiger partial charge >= 0.3 is 17.9 Å². The van der Waals surface area contributed by atoms with E-state index >= 15 is 0 Å². The van der Waals surface area contributed by atoms with Crippen LogP contribution in [-0.4, -0.2) is 60.5 Å². The van der Waals surface area contributed by atoms with Crippen LogP contribution in [0, 0.1) is 46.3 Å². The number of hydrogen-bond donors (Lipinski definition) is 0. The summed E-state index contributed by atoms with van der Waals surface area (Å²) in [6.07, 6.45) is 9.91. The lowest BCUT2D eigenvalue weighted by Gasteiger charge is -2.58. The van der Waals surface area contributed by atoms with Crippen LogP contribution < -0.4 is 0 Å². The van der Waals surface area contributed by atoms with E-state index in [0.717, 1.165) is 54.3 Å². The molecule has 0 aromatic heterocycles. The second kappa shape index (κ2) is 20.3. The summed E-state index contributed by atoms with van der Waals surface area (Å²) in [6, 6.07) is 27.3. The van der Waals surface area contributed by atoms with E-state index in [1.807, 2.05) is 42.5 Å². The van der Waals surface area contributed by atoms with E-state index in [1.54, 1.807) is 60.3 Å². The first-order valence-electron chi connectivity index (χ1n) is 24.2. The summed E-state index contributed by atoms with van der Waals surface area (Å²) in [7, 11) is 0. The van der Waals surface area contributed by atoms with Gasteiger partial charge in [-0.1, -0.05) is 120 Å². The van der Waals surface area contributed by atoms with Gasteiger partial charge in [0.1, 0.15) is 6.10 Å². The maximum Gasteiger partial charge on any atom is 0.338 e. The molecule has 5 aliphatic rings. The Morgan fingerprint density at radius 3 is 2.02 bits per heavy atom. The largest absolute Gasteiger partial charge is 0.456 e. The minimum Gasteiger partial charge on any atom is -0.456 e. The highest BCUT2D eigenvalue weighted by Crippen LogP contribution is 2.67. The quantitative estimate of drug-likeness (QED) is 0.0639. The summed E-state index contributed by atoms with van der Waals surface area (Å²) in [5.41, 5.74) is 2.64. The van der Waals surface area contributed by atoms with Crippen molar-refractivity contribution in [3.63, 3.8) is 0 Å². The van der Waals surface area contributed by atoms with E-state index in [-0.39, 0.29) is 11.5 Å². The van der Waals surface area contributed by atoms with Crippen molar-refractivity contribution in [2.45, 2.75) is 154 Å². The zero-order valence-electron chi connectivity index (χ0n) is 38.8. The lowest BCUT2D eigenvalue weighted by Crippen LogP contribution is -2.63. The molecule has 8 rings (SSSR count). The lowest BCUT2D eigenvalue weighted by molar-refractivity contribution is -0.305. The zero-order chi connectivity index (χ0) is 45.0. The number of ether oxygens (including phenoxy) is 5. The van der Waals surface area contributed by atoms with Crippen molar-refractivity contribution in [3.05, 3.63) is 114 Å². The average Bonchev–Trinajstić information content (AvgIpc) is 3.65. The van der Waals surface area contributed by atoms with Crippen LogP contribution >= 0.6 is 11.8 Å². The molecule has 0 unspecified atom stereocenters. The van der Waals surface area contributed by atoms with E-state index in [1.165, 1.54) is 57.4 Å². The molecule has 0 N–H and O–H groups in total. The van der Waals surface area contributed by atoms with Gasteiger partial charge in [0.05, 0.1) is 17.2 Å². The summed E-state index contributed by atoms with van der Waals surface area (Å²) < 4.78 is 32.6. The van der Waals surface area contributed by atoms with E-state index in [9.17, 15) is 14.4 Å². The van der Waals surface area contributed by atoms with Crippen molar-refractivity contribution in [2.24, 2.45) is 46.3 Å². The molecule has 344 valence electrons. The fourth-order valence-electron chi connectivity index (χ4n) is 12.9. The van der Waals surface area contributed by atoms with E-state index in [4.69, 9.17) is 23.7 Å². The normalized spacial score (nSPS) is 33.8. The van der Waals surface area contributed by atoms with Crippen LogP contribution in [0.25, 0.3) is 0 Å². The first kappa shape index (κ1) is 46.6. The molecule has 4 aliphatic carbocycles. The maximum absolute atomic E-state index is 14.0. The van der Waals surface area contributed by atoms with Crippen molar-refractivity contribution >= 4 is 29.7 Å². The predicted octanol–water partition coefficient (Wildman–Crippen LogP) is 12.3. The van der Waals surface area contributed by atoms with Crippen LogP contribution in [0.3, 0.4) is 0 Å². The Labute approximate surface area is 386 Å². The molecular weight excluding hydrogens is 821 g/mol. The third kappa shape index (κ3) is 10.1. The van der Waals surface area contributed by atoms with Gasteiger partial charge in [-0.3, -0.25) is 4.79 Å². The van der Waals surface area contributed by atoms with Gasteiger partial charge in [0, 0.05) is 17.6 Å². The fraction of sp³-hybridized carbons (Fsp3) is 0.582. The second-order valence-corrected chi connectivity index (χ2v) is 21.6. The maximum atomic E-state index is 14.0. The second-order valence-electron chi connectivity index (χ2n) is 20.5. The smallest absolute Gasteiger partial charge is 0.338 e. The third-order valence-corrected chi connectivity index (χ3v) is 17.2. The Balaban J connectivity index is 1.06. The van der Waals surface area contributed by atoms with Crippen LogP contribution in [-0.2, 0) is 28.5 Å². The molecule has 8 nitrogen and oxygen atoms in total. The Hall–Kier alpha value is -3.92. The number of allylic oxidation sites excluding steroid dienone is 1. The van der Waals surface area contributed by atoms with Crippen LogP contribution in [0.4, 0.5) is 0 Å². The highest BCUT2D eigenvalue weighted by Gasteiger charge is 2.60. The van der Waals surface area contributed by atoms with E-state index in [0.29, 0.717) is 34.1 Å². The molecule has 0 spiro atoms. The summed E-state index contributed by atoms with van der Waals surface area (Å²) in [5, 5.41) is 0. The zero-order valence-corrected chi connectivity index (χ0v) is 39.6. The number of carbonyl (C=O) groups excluding carboxylic acids is 3. The molecule has 1 aliphatic heterocycles. The van der Waals surface area contributed by atoms with Gasteiger partial charge < -0.3 is 23.7 Å². The van der Waals surface area contributed by atoms with Gasteiger partial charge in [0.25, 0.3) is 0 Å². The van der Waals surface area contributed by atoms with Crippen LogP contribution in [0.2, 0.25) is 0 Å². The average molecular weight is 891 g/mol. The van der Waals surface area contributed by atoms with Crippen LogP contribution in [0.5, 0.6) is 0 Å². The summed E-state index contributed by atoms with van der Waals surface area (Å²) in [4.78, 5) is 41.8. The molecule has 3 aromatic rings. The number of rotatable bonds is 15. The molecule has 64 heavy (non-hydrogen) atoms. The number of thioether (sulfide) groups is 1. The molecule has 3 aromatic carbocycles. The molecule has 0 bridgehead atoms. The number of benzene rings is 3. The Morgan fingerprint density at radius 1 is 0.734 bits per heavy atom. The molecule has 0 amide bonds. The van der Waals surface area contributed by atoms with Gasteiger partial charge in [0.15, 0.2) is 24.6 Å². The molecule has 1 heterocycles. The highest BCUT2D eigenvalue weighted by molar-refractivity contribution is 7.99. The Bertz CT molecular complexity index is 2070. The van der Waals surface area contributed by atoms with Crippen molar-refractivity contribution in [2.75, 3.05) is 5.75 Å². The molecule has 1 saturated heterocycles. The van der Waals surface area contributed by atoms with Crippen molar-refractivity contribution in [1.29, 1.82) is 0 Å². The topological polar surface area (TPSA) is 97.4 Å². The van der Waals surface area contributed by atoms with Crippen molar-refractivity contribution < 1.29 is 38.1 Å². The molecule has 13 atom stereocenters. The fourth-order valence-corrected chi connectivity index (χ4v) is 13.9. The molecule has 4 fully saturated rings. The van der Waals surface area contributed by atoms with Crippen molar-refractivity contribution in [3.8, 4) is 0 Å². The van der Waals surface area contributed by atoms with E-state index in [2.05, 4.69) is 40.7 Å².